The number of rotatable bonds is 4. The molecular weight excluding hydrogens is 294 g/mol. The predicted octanol–water partition coefficient (Wildman–Crippen LogP) is 2.08. The number of hydrogen-bond acceptors (Lipinski definition) is 3. The van der Waals surface area contributed by atoms with Gasteiger partial charge in [0, 0.05) is 12.6 Å². The van der Waals surface area contributed by atoms with Crippen LogP contribution in [0.5, 0.6) is 0 Å². The summed E-state index contributed by atoms with van der Waals surface area (Å²) in [5.41, 5.74) is 0.717. The molecule has 1 heterocycles. The third-order valence-corrected chi connectivity index (χ3v) is 3.13. The summed E-state index contributed by atoms with van der Waals surface area (Å²) < 4.78 is 31.4. The van der Waals surface area contributed by atoms with Crippen molar-refractivity contribution in [2.24, 2.45) is 0 Å². The van der Waals surface area contributed by atoms with Gasteiger partial charge in [0.25, 0.3) is 5.91 Å². The molecule has 1 aromatic carbocycles. The van der Waals surface area contributed by atoms with Crippen molar-refractivity contribution >= 4 is 11.8 Å². The second kappa shape index (κ2) is 6.38. The van der Waals surface area contributed by atoms with E-state index in [0.29, 0.717) is 5.56 Å². The maximum absolute atomic E-state index is 13.3. The number of likely N-dealkylation sites (N-methyl/N-ethyl adjacent to an activating group) is 1. The monoisotopic (exact) mass is 308 g/mol. The van der Waals surface area contributed by atoms with Gasteiger partial charge in [-0.1, -0.05) is 6.07 Å². The van der Waals surface area contributed by atoms with Crippen LogP contribution in [0.1, 0.15) is 27.7 Å². The van der Waals surface area contributed by atoms with Crippen molar-refractivity contribution in [2.45, 2.75) is 13.0 Å². The van der Waals surface area contributed by atoms with E-state index < -0.39 is 29.5 Å². The number of halogens is 2. The summed E-state index contributed by atoms with van der Waals surface area (Å²) in [4.78, 5) is 24.1. The summed E-state index contributed by atoms with van der Waals surface area (Å²) in [7, 11) is 1.37. The van der Waals surface area contributed by atoms with Gasteiger partial charge < -0.3 is 15.1 Å². The van der Waals surface area contributed by atoms with Crippen molar-refractivity contribution < 1.29 is 22.8 Å². The zero-order chi connectivity index (χ0) is 16.3. The fourth-order valence-corrected chi connectivity index (χ4v) is 1.94. The molecular formula is C15H14F2N2O3. The Morgan fingerprint density at radius 2 is 1.91 bits per heavy atom. The Balaban J connectivity index is 2.31. The lowest BCUT2D eigenvalue weighted by molar-refractivity contribution is -0.122. The molecule has 0 aliphatic carbocycles. The number of amides is 2. The molecule has 22 heavy (non-hydrogen) atoms. The molecule has 5 nitrogen and oxygen atoms in total. The molecule has 0 fully saturated rings. The quantitative estimate of drug-likeness (QED) is 0.908. The van der Waals surface area contributed by atoms with Gasteiger partial charge in [-0.25, -0.2) is 8.78 Å². The van der Waals surface area contributed by atoms with Crippen LogP contribution >= 0.6 is 0 Å². The van der Waals surface area contributed by atoms with Crippen molar-refractivity contribution in [1.82, 2.24) is 10.6 Å². The minimum Gasteiger partial charge on any atom is -0.459 e. The molecule has 1 unspecified atom stereocenters. The van der Waals surface area contributed by atoms with Gasteiger partial charge in [-0.3, -0.25) is 9.59 Å². The van der Waals surface area contributed by atoms with Crippen LogP contribution in [-0.2, 0) is 4.79 Å². The molecule has 0 aliphatic rings. The minimum absolute atomic E-state index is 0.0523. The zero-order valence-electron chi connectivity index (χ0n) is 11.9. The highest BCUT2D eigenvalue weighted by Gasteiger charge is 2.25. The van der Waals surface area contributed by atoms with Crippen LogP contribution in [0.2, 0.25) is 0 Å². The van der Waals surface area contributed by atoms with Gasteiger partial charge >= 0.3 is 0 Å². The van der Waals surface area contributed by atoms with Gasteiger partial charge in [0.05, 0.1) is 6.26 Å². The van der Waals surface area contributed by atoms with Crippen molar-refractivity contribution in [3.8, 4) is 0 Å². The van der Waals surface area contributed by atoms with Crippen molar-refractivity contribution in [3.63, 3.8) is 0 Å². The number of nitrogens with one attached hydrogen (secondary N) is 2. The molecule has 0 spiro atoms. The number of aryl methyl sites for hydroxylation is 1. The molecule has 2 N–H and O–H groups in total. The highest BCUT2D eigenvalue weighted by Crippen LogP contribution is 2.18. The Kier molecular flexibility index (Phi) is 4.55. The first kappa shape index (κ1) is 15.7. The Labute approximate surface area is 125 Å². The molecule has 2 amide bonds. The molecule has 7 heteroatoms. The predicted molar refractivity (Wildman–Crippen MR) is 74.1 cm³/mol. The lowest BCUT2D eigenvalue weighted by Gasteiger charge is -2.17. The van der Waals surface area contributed by atoms with Crippen LogP contribution in [0.4, 0.5) is 8.78 Å². The average molecular weight is 308 g/mol. The smallest absolute Gasteiger partial charge is 0.288 e. The van der Waals surface area contributed by atoms with E-state index >= 15 is 0 Å². The van der Waals surface area contributed by atoms with Crippen LogP contribution in [0.3, 0.4) is 0 Å². The number of furan rings is 1. The first-order valence-corrected chi connectivity index (χ1v) is 6.45. The van der Waals surface area contributed by atoms with Gasteiger partial charge in [-0.15, -0.1) is 0 Å². The minimum atomic E-state index is -1.17. The molecule has 2 rings (SSSR count). The maximum atomic E-state index is 13.3. The molecule has 0 aliphatic heterocycles. The molecule has 0 radical (unpaired) electrons. The summed E-state index contributed by atoms with van der Waals surface area (Å²) in [5, 5.41) is 4.80. The fourth-order valence-electron chi connectivity index (χ4n) is 1.94. The number of carbonyl (C=O) groups is 2. The van der Waals surface area contributed by atoms with Crippen molar-refractivity contribution in [3.05, 3.63) is 59.1 Å². The molecule has 0 bridgehead atoms. The standard InChI is InChI=1S/C15H14F2N2O3/c1-8-5-6-22-13(8)15(21)19-12(14(20)18-2)9-3-4-10(16)11(17)7-9/h3-7,12H,1-2H3,(H,18,20)(H,19,21). The van der Waals surface area contributed by atoms with Crippen LogP contribution in [0.15, 0.2) is 34.9 Å². The summed E-state index contributed by atoms with van der Waals surface area (Å²) in [6.07, 6.45) is 1.34. The highest BCUT2D eigenvalue weighted by atomic mass is 19.2. The number of benzene rings is 1. The Morgan fingerprint density at radius 1 is 1.18 bits per heavy atom. The van der Waals surface area contributed by atoms with E-state index in [9.17, 15) is 18.4 Å². The van der Waals surface area contributed by atoms with Crippen LogP contribution in [-0.4, -0.2) is 18.9 Å². The Hall–Kier alpha value is -2.70. The summed E-state index contributed by atoms with van der Waals surface area (Å²) >= 11 is 0. The Morgan fingerprint density at radius 3 is 2.45 bits per heavy atom. The Bertz CT molecular complexity index is 713. The van der Waals surface area contributed by atoms with E-state index in [1.807, 2.05) is 0 Å². The lowest BCUT2D eigenvalue weighted by Crippen LogP contribution is -2.39. The van der Waals surface area contributed by atoms with E-state index in [1.54, 1.807) is 13.0 Å². The van der Waals surface area contributed by atoms with E-state index in [0.717, 1.165) is 12.1 Å². The van der Waals surface area contributed by atoms with Gasteiger partial charge in [0.15, 0.2) is 17.4 Å². The van der Waals surface area contributed by atoms with Crippen molar-refractivity contribution in [1.29, 1.82) is 0 Å². The first-order valence-electron chi connectivity index (χ1n) is 6.45. The average Bonchev–Trinajstić information content (AvgIpc) is 2.93. The summed E-state index contributed by atoms with van der Waals surface area (Å²) in [6, 6.07) is 3.42. The lowest BCUT2D eigenvalue weighted by atomic mass is 10.1. The topological polar surface area (TPSA) is 71.3 Å². The third kappa shape index (κ3) is 3.13. The maximum Gasteiger partial charge on any atom is 0.288 e. The van der Waals surface area contributed by atoms with Crippen molar-refractivity contribution in [2.75, 3.05) is 7.05 Å². The highest BCUT2D eigenvalue weighted by molar-refractivity contribution is 5.96. The molecule has 2 aromatic rings. The molecule has 0 saturated carbocycles. The van der Waals surface area contributed by atoms with Gasteiger partial charge in [-0.05, 0) is 30.7 Å². The fraction of sp³-hybridized carbons (Fsp3) is 0.200. The molecule has 0 saturated heterocycles. The van der Waals surface area contributed by atoms with Gasteiger partial charge in [0.1, 0.15) is 6.04 Å². The molecule has 1 atom stereocenters. The normalized spacial score (nSPS) is 11.8. The van der Waals surface area contributed by atoms with Gasteiger partial charge in [-0.2, -0.15) is 0 Å². The second-order valence-corrected chi connectivity index (χ2v) is 4.63. The van der Waals surface area contributed by atoms with E-state index in [-0.39, 0.29) is 11.3 Å². The van der Waals surface area contributed by atoms with Crippen LogP contribution in [0.25, 0.3) is 0 Å². The second-order valence-electron chi connectivity index (χ2n) is 4.63. The summed E-state index contributed by atoms with van der Waals surface area (Å²) in [6.45, 7) is 1.67. The first-order chi connectivity index (χ1) is 10.4. The van der Waals surface area contributed by atoms with Crippen LogP contribution in [0, 0.1) is 18.6 Å². The molecule has 1 aromatic heterocycles. The zero-order valence-corrected chi connectivity index (χ0v) is 11.9. The molecule has 116 valence electrons. The van der Waals surface area contributed by atoms with Crippen LogP contribution < -0.4 is 10.6 Å². The van der Waals surface area contributed by atoms with Gasteiger partial charge in [0.2, 0.25) is 5.91 Å². The third-order valence-electron chi connectivity index (χ3n) is 3.13. The van der Waals surface area contributed by atoms with E-state index in [2.05, 4.69) is 10.6 Å². The number of hydrogen-bond donors (Lipinski definition) is 2. The van der Waals surface area contributed by atoms with E-state index in [1.165, 1.54) is 19.4 Å². The SMILES string of the molecule is CNC(=O)C(NC(=O)c1occc1C)c1ccc(F)c(F)c1. The van der Waals surface area contributed by atoms with E-state index in [4.69, 9.17) is 4.42 Å². The number of carbonyl (C=O) groups excluding carboxylic acids is 2. The largest absolute Gasteiger partial charge is 0.459 e. The summed E-state index contributed by atoms with van der Waals surface area (Å²) in [5.74, 6) is -3.27.